The van der Waals surface area contributed by atoms with E-state index in [2.05, 4.69) is 4.98 Å². The Morgan fingerprint density at radius 3 is 2.74 bits per heavy atom. The van der Waals surface area contributed by atoms with Gasteiger partial charge in [-0.1, -0.05) is 24.3 Å². The standard InChI is InChI=1S/C15H13FN2O/c1-10(19)11-5-4-6-12(16)15(11)18-9-17-13-7-2-3-8-14(13)18/h2-10,19H,1H3. The first-order chi connectivity index (χ1) is 9.18. The summed E-state index contributed by atoms with van der Waals surface area (Å²) in [5, 5.41) is 9.80. The molecule has 0 radical (unpaired) electrons. The van der Waals surface area contributed by atoms with Crippen LogP contribution in [0.2, 0.25) is 0 Å². The van der Waals surface area contributed by atoms with Gasteiger partial charge in [0, 0.05) is 5.56 Å². The summed E-state index contributed by atoms with van der Waals surface area (Å²) in [5.74, 6) is -0.374. The number of nitrogens with zero attached hydrogens (tertiary/aromatic N) is 2. The molecule has 0 saturated heterocycles. The zero-order valence-electron chi connectivity index (χ0n) is 10.4. The fraction of sp³-hybridized carbons (Fsp3) is 0.133. The lowest BCUT2D eigenvalue weighted by Crippen LogP contribution is -2.04. The van der Waals surface area contributed by atoms with Crippen molar-refractivity contribution in [3.05, 3.63) is 60.2 Å². The van der Waals surface area contributed by atoms with Crippen molar-refractivity contribution in [3.63, 3.8) is 0 Å². The molecule has 1 N–H and O–H groups in total. The number of rotatable bonds is 2. The molecule has 0 aliphatic rings. The van der Waals surface area contributed by atoms with E-state index in [0.29, 0.717) is 11.3 Å². The van der Waals surface area contributed by atoms with Crippen LogP contribution in [0.5, 0.6) is 0 Å². The maximum atomic E-state index is 14.1. The van der Waals surface area contributed by atoms with Gasteiger partial charge < -0.3 is 5.11 Å². The summed E-state index contributed by atoms with van der Waals surface area (Å²) >= 11 is 0. The van der Waals surface area contributed by atoms with E-state index in [1.54, 1.807) is 30.0 Å². The number of para-hydroxylation sites is 3. The van der Waals surface area contributed by atoms with Crippen molar-refractivity contribution in [2.24, 2.45) is 0 Å². The highest BCUT2D eigenvalue weighted by Gasteiger charge is 2.16. The number of fused-ring (bicyclic) bond motifs is 1. The molecule has 0 aliphatic heterocycles. The molecule has 0 saturated carbocycles. The van der Waals surface area contributed by atoms with E-state index in [0.717, 1.165) is 11.0 Å². The SMILES string of the molecule is CC(O)c1cccc(F)c1-n1cnc2ccccc21. The average molecular weight is 256 g/mol. The Morgan fingerprint density at radius 2 is 1.95 bits per heavy atom. The first-order valence-corrected chi connectivity index (χ1v) is 6.07. The molecule has 19 heavy (non-hydrogen) atoms. The maximum Gasteiger partial charge on any atom is 0.147 e. The number of hydrogen-bond donors (Lipinski definition) is 1. The van der Waals surface area contributed by atoms with Crippen molar-refractivity contribution in [3.8, 4) is 5.69 Å². The maximum absolute atomic E-state index is 14.1. The van der Waals surface area contributed by atoms with Crippen LogP contribution in [-0.4, -0.2) is 14.7 Å². The van der Waals surface area contributed by atoms with Crippen LogP contribution in [0.25, 0.3) is 16.7 Å². The number of benzene rings is 2. The third-order valence-electron chi connectivity index (χ3n) is 3.16. The molecule has 3 nitrogen and oxygen atoms in total. The van der Waals surface area contributed by atoms with Crippen LogP contribution in [0.1, 0.15) is 18.6 Å². The first kappa shape index (κ1) is 11.9. The quantitative estimate of drug-likeness (QED) is 0.764. The number of hydrogen-bond acceptors (Lipinski definition) is 2. The van der Waals surface area contributed by atoms with E-state index in [-0.39, 0.29) is 5.82 Å². The molecule has 96 valence electrons. The van der Waals surface area contributed by atoms with Crippen LogP contribution in [0.3, 0.4) is 0 Å². The van der Waals surface area contributed by atoms with E-state index in [1.165, 1.54) is 6.07 Å². The summed E-state index contributed by atoms with van der Waals surface area (Å²) < 4.78 is 15.8. The van der Waals surface area contributed by atoms with Crippen molar-refractivity contribution in [1.82, 2.24) is 9.55 Å². The van der Waals surface area contributed by atoms with Gasteiger partial charge in [0.1, 0.15) is 12.1 Å². The number of aliphatic hydroxyl groups is 1. The molecule has 0 aliphatic carbocycles. The predicted molar refractivity (Wildman–Crippen MR) is 71.7 cm³/mol. The fourth-order valence-corrected chi connectivity index (χ4v) is 2.26. The van der Waals surface area contributed by atoms with Crippen molar-refractivity contribution in [2.75, 3.05) is 0 Å². The molecule has 0 bridgehead atoms. The predicted octanol–water partition coefficient (Wildman–Crippen LogP) is 3.22. The normalized spacial score (nSPS) is 12.8. The monoisotopic (exact) mass is 256 g/mol. The molecule has 1 atom stereocenters. The van der Waals surface area contributed by atoms with Crippen LogP contribution in [0, 0.1) is 5.82 Å². The van der Waals surface area contributed by atoms with Gasteiger partial charge in [-0.25, -0.2) is 9.37 Å². The van der Waals surface area contributed by atoms with E-state index in [4.69, 9.17) is 0 Å². The zero-order chi connectivity index (χ0) is 13.4. The minimum atomic E-state index is -0.744. The Labute approximate surface area is 109 Å². The second kappa shape index (κ2) is 4.48. The van der Waals surface area contributed by atoms with Gasteiger partial charge in [0.15, 0.2) is 0 Å². The summed E-state index contributed by atoms with van der Waals surface area (Å²) in [6.45, 7) is 1.62. The summed E-state index contributed by atoms with van der Waals surface area (Å²) in [7, 11) is 0. The summed E-state index contributed by atoms with van der Waals surface area (Å²) in [4.78, 5) is 4.25. The van der Waals surface area contributed by atoms with Crippen molar-refractivity contribution in [1.29, 1.82) is 0 Å². The van der Waals surface area contributed by atoms with Crippen LogP contribution in [0.15, 0.2) is 48.8 Å². The van der Waals surface area contributed by atoms with E-state index < -0.39 is 6.10 Å². The zero-order valence-corrected chi connectivity index (χ0v) is 10.4. The van der Waals surface area contributed by atoms with Gasteiger partial charge >= 0.3 is 0 Å². The minimum Gasteiger partial charge on any atom is -0.389 e. The molecular weight excluding hydrogens is 243 g/mol. The van der Waals surface area contributed by atoms with Gasteiger partial charge in [-0.2, -0.15) is 0 Å². The smallest absolute Gasteiger partial charge is 0.147 e. The summed E-state index contributed by atoms with van der Waals surface area (Å²) in [6.07, 6.45) is 0.835. The van der Waals surface area contributed by atoms with Crippen molar-refractivity contribution >= 4 is 11.0 Å². The molecular formula is C15H13FN2O. The number of aliphatic hydroxyl groups excluding tert-OH is 1. The Balaban J connectivity index is 2.33. The Morgan fingerprint density at radius 1 is 1.16 bits per heavy atom. The summed E-state index contributed by atoms with van der Waals surface area (Å²) in [6, 6.07) is 12.2. The largest absolute Gasteiger partial charge is 0.389 e. The third kappa shape index (κ3) is 1.90. The lowest BCUT2D eigenvalue weighted by molar-refractivity contribution is 0.198. The highest BCUT2D eigenvalue weighted by atomic mass is 19.1. The molecule has 1 aromatic heterocycles. The lowest BCUT2D eigenvalue weighted by Gasteiger charge is -2.14. The Hall–Kier alpha value is -2.20. The molecule has 3 aromatic rings. The highest BCUT2D eigenvalue weighted by Crippen LogP contribution is 2.27. The van der Waals surface area contributed by atoms with Crippen LogP contribution >= 0.6 is 0 Å². The fourth-order valence-electron chi connectivity index (χ4n) is 2.26. The highest BCUT2D eigenvalue weighted by molar-refractivity contribution is 5.77. The number of halogens is 1. The van der Waals surface area contributed by atoms with Gasteiger partial charge in [-0.3, -0.25) is 4.57 Å². The van der Waals surface area contributed by atoms with Gasteiger partial charge in [0.25, 0.3) is 0 Å². The lowest BCUT2D eigenvalue weighted by atomic mass is 10.1. The second-order valence-corrected chi connectivity index (χ2v) is 4.46. The number of aromatic nitrogens is 2. The molecule has 2 aromatic carbocycles. The molecule has 1 heterocycles. The van der Waals surface area contributed by atoms with E-state index in [9.17, 15) is 9.50 Å². The van der Waals surface area contributed by atoms with Crippen LogP contribution in [-0.2, 0) is 0 Å². The second-order valence-electron chi connectivity index (χ2n) is 4.46. The molecule has 3 rings (SSSR count). The molecule has 0 amide bonds. The first-order valence-electron chi connectivity index (χ1n) is 6.07. The van der Waals surface area contributed by atoms with Crippen molar-refractivity contribution < 1.29 is 9.50 Å². The van der Waals surface area contributed by atoms with Crippen LogP contribution < -0.4 is 0 Å². The molecule has 0 fully saturated rings. The van der Waals surface area contributed by atoms with Gasteiger partial charge in [-0.15, -0.1) is 0 Å². The average Bonchev–Trinajstić information content (AvgIpc) is 2.82. The van der Waals surface area contributed by atoms with Crippen LogP contribution in [0.4, 0.5) is 4.39 Å². The topological polar surface area (TPSA) is 38.0 Å². The molecule has 0 spiro atoms. The van der Waals surface area contributed by atoms with Crippen molar-refractivity contribution in [2.45, 2.75) is 13.0 Å². The summed E-state index contributed by atoms with van der Waals surface area (Å²) in [5.41, 5.74) is 2.51. The number of imidazole rings is 1. The van der Waals surface area contributed by atoms with E-state index >= 15 is 0 Å². The Kier molecular flexibility index (Phi) is 2.80. The van der Waals surface area contributed by atoms with Gasteiger partial charge in [0.05, 0.1) is 22.8 Å². The molecule has 1 unspecified atom stereocenters. The minimum absolute atomic E-state index is 0.353. The van der Waals surface area contributed by atoms with E-state index in [1.807, 2.05) is 24.3 Å². The van der Waals surface area contributed by atoms with Gasteiger partial charge in [-0.05, 0) is 25.1 Å². The Bertz CT molecular complexity index is 734. The molecule has 4 heteroatoms. The van der Waals surface area contributed by atoms with Gasteiger partial charge in [0.2, 0.25) is 0 Å². The third-order valence-corrected chi connectivity index (χ3v) is 3.16.